The standard InChI is InChI=1S/C23H20Cl2N4O2/c1-15-13-17(25)6-9-19(15)21-14-22(31-29-21)20(26)10-12-27-11-2-3-23(30)28-18-7-4-16(24)5-8-18/h4-14,26H,2-3H2,1H3,(H,28,30)/b12-10-,26-20?,27-11+. The Bertz CT molecular complexity index is 1130. The molecule has 0 bridgehead atoms. The number of aliphatic imine (C=N–C) groups is 1. The molecule has 2 aromatic carbocycles. The number of rotatable bonds is 8. The predicted octanol–water partition coefficient (Wildman–Crippen LogP) is 6.33. The van der Waals surface area contributed by atoms with Crippen LogP contribution in [0.2, 0.25) is 10.0 Å². The Labute approximate surface area is 190 Å². The highest BCUT2D eigenvalue weighted by molar-refractivity contribution is 6.31. The van der Waals surface area contributed by atoms with Gasteiger partial charge in [-0.3, -0.25) is 15.2 Å². The highest BCUT2D eigenvalue weighted by atomic mass is 35.5. The Morgan fingerprint density at radius 3 is 2.65 bits per heavy atom. The van der Waals surface area contributed by atoms with Gasteiger partial charge in [-0.05, 0) is 61.4 Å². The SMILES string of the molecule is Cc1cc(Cl)ccc1-c1cc(C(=N)/C=C\N=C\CCC(=O)Nc2ccc(Cl)cc2)on1. The van der Waals surface area contributed by atoms with Gasteiger partial charge in [-0.15, -0.1) is 0 Å². The van der Waals surface area contributed by atoms with E-state index in [0.29, 0.717) is 40.0 Å². The van der Waals surface area contributed by atoms with Crippen molar-refractivity contribution in [3.8, 4) is 11.3 Å². The maximum absolute atomic E-state index is 11.9. The van der Waals surface area contributed by atoms with Gasteiger partial charge in [0, 0.05) is 46.2 Å². The molecule has 0 aliphatic heterocycles. The number of nitrogens with one attached hydrogen (secondary N) is 2. The summed E-state index contributed by atoms with van der Waals surface area (Å²) < 4.78 is 5.27. The summed E-state index contributed by atoms with van der Waals surface area (Å²) in [6.07, 6.45) is 5.37. The average Bonchev–Trinajstić information content (AvgIpc) is 3.22. The first-order valence-electron chi connectivity index (χ1n) is 9.48. The van der Waals surface area contributed by atoms with Crippen LogP contribution in [0.3, 0.4) is 0 Å². The number of hydrogen-bond donors (Lipinski definition) is 2. The number of hydrogen-bond acceptors (Lipinski definition) is 5. The molecule has 0 aliphatic rings. The second-order valence-electron chi connectivity index (χ2n) is 6.69. The van der Waals surface area contributed by atoms with Gasteiger partial charge in [0.1, 0.15) is 11.4 Å². The van der Waals surface area contributed by atoms with Crippen molar-refractivity contribution in [2.45, 2.75) is 19.8 Å². The van der Waals surface area contributed by atoms with E-state index in [1.54, 1.807) is 42.6 Å². The number of carbonyl (C=O) groups excluding carboxylic acids is 1. The van der Waals surface area contributed by atoms with E-state index < -0.39 is 0 Å². The third-order valence-corrected chi connectivity index (χ3v) is 4.79. The lowest BCUT2D eigenvalue weighted by atomic mass is 10.1. The maximum Gasteiger partial charge on any atom is 0.224 e. The monoisotopic (exact) mass is 454 g/mol. The lowest BCUT2D eigenvalue weighted by Crippen LogP contribution is -2.10. The number of benzene rings is 2. The molecule has 0 fully saturated rings. The van der Waals surface area contributed by atoms with E-state index in [-0.39, 0.29) is 11.6 Å². The number of anilines is 1. The van der Waals surface area contributed by atoms with Gasteiger partial charge in [0.05, 0.1) is 0 Å². The molecule has 8 heteroatoms. The highest BCUT2D eigenvalue weighted by Gasteiger charge is 2.11. The molecule has 0 aliphatic carbocycles. The zero-order valence-corrected chi connectivity index (χ0v) is 18.2. The first kappa shape index (κ1) is 22.5. The van der Waals surface area contributed by atoms with Crippen molar-refractivity contribution < 1.29 is 9.32 Å². The minimum Gasteiger partial charge on any atom is -0.354 e. The summed E-state index contributed by atoms with van der Waals surface area (Å²) in [5.41, 5.74) is 3.34. The third kappa shape index (κ3) is 6.64. The normalized spacial score (nSPS) is 11.3. The molecule has 1 heterocycles. The van der Waals surface area contributed by atoms with Gasteiger partial charge in [0.2, 0.25) is 5.91 Å². The van der Waals surface area contributed by atoms with Crippen molar-refractivity contribution in [2.24, 2.45) is 4.99 Å². The van der Waals surface area contributed by atoms with Gasteiger partial charge in [0.25, 0.3) is 0 Å². The van der Waals surface area contributed by atoms with Crippen molar-refractivity contribution in [1.82, 2.24) is 5.16 Å². The van der Waals surface area contributed by atoms with Gasteiger partial charge in [-0.25, -0.2) is 0 Å². The van der Waals surface area contributed by atoms with Crippen LogP contribution in [0.25, 0.3) is 11.3 Å². The van der Waals surface area contributed by atoms with E-state index in [2.05, 4.69) is 15.5 Å². The number of carbonyl (C=O) groups is 1. The Hall–Kier alpha value is -3.22. The number of nitrogens with zero attached hydrogens (tertiary/aromatic N) is 2. The topological polar surface area (TPSA) is 91.3 Å². The van der Waals surface area contributed by atoms with Crippen LogP contribution in [0.1, 0.15) is 24.2 Å². The van der Waals surface area contributed by atoms with Crippen molar-refractivity contribution >= 4 is 46.7 Å². The number of allylic oxidation sites excluding steroid dienone is 1. The Balaban J connectivity index is 1.47. The van der Waals surface area contributed by atoms with Gasteiger partial charge < -0.3 is 9.84 Å². The van der Waals surface area contributed by atoms with Gasteiger partial charge in [0.15, 0.2) is 5.76 Å². The molecule has 1 aromatic heterocycles. The lowest BCUT2D eigenvalue weighted by molar-refractivity contribution is -0.116. The van der Waals surface area contributed by atoms with Crippen LogP contribution in [-0.2, 0) is 4.79 Å². The number of amides is 1. The molecule has 3 aromatic rings. The molecule has 6 nitrogen and oxygen atoms in total. The summed E-state index contributed by atoms with van der Waals surface area (Å²) in [7, 11) is 0. The molecule has 0 unspecified atom stereocenters. The van der Waals surface area contributed by atoms with Crippen molar-refractivity contribution in [3.63, 3.8) is 0 Å². The summed E-state index contributed by atoms with van der Waals surface area (Å²) >= 11 is 11.8. The number of aryl methyl sites for hydroxylation is 1. The smallest absolute Gasteiger partial charge is 0.224 e. The van der Waals surface area contributed by atoms with Crippen LogP contribution < -0.4 is 5.32 Å². The molecule has 31 heavy (non-hydrogen) atoms. The van der Waals surface area contributed by atoms with Gasteiger partial charge >= 0.3 is 0 Å². The van der Waals surface area contributed by atoms with E-state index in [0.717, 1.165) is 11.1 Å². The van der Waals surface area contributed by atoms with Gasteiger partial charge in [-0.1, -0.05) is 34.4 Å². The average molecular weight is 455 g/mol. The summed E-state index contributed by atoms with van der Waals surface area (Å²) in [5, 5.41) is 16.2. The summed E-state index contributed by atoms with van der Waals surface area (Å²) in [6.45, 7) is 1.94. The van der Waals surface area contributed by atoms with Crippen LogP contribution >= 0.6 is 23.2 Å². The van der Waals surface area contributed by atoms with E-state index in [4.69, 9.17) is 33.1 Å². The largest absolute Gasteiger partial charge is 0.354 e. The molecule has 3 rings (SSSR count). The van der Waals surface area contributed by atoms with Crippen LogP contribution in [0.5, 0.6) is 0 Å². The van der Waals surface area contributed by atoms with Gasteiger partial charge in [-0.2, -0.15) is 0 Å². The molecular weight excluding hydrogens is 435 g/mol. The van der Waals surface area contributed by atoms with Crippen molar-refractivity contribution in [1.29, 1.82) is 5.41 Å². The van der Waals surface area contributed by atoms with E-state index in [1.807, 2.05) is 19.1 Å². The Kier molecular flexibility index (Phi) is 7.76. The van der Waals surface area contributed by atoms with E-state index >= 15 is 0 Å². The zero-order chi connectivity index (χ0) is 22.2. The summed E-state index contributed by atoms with van der Waals surface area (Å²) in [4.78, 5) is 16.0. The van der Waals surface area contributed by atoms with Crippen LogP contribution in [-0.4, -0.2) is 23.0 Å². The zero-order valence-electron chi connectivity index (χ0n) is 16.7. The summed E-state index contributed by atoms with van der Waals surface area (Å²) in [6, 6.07) is 14.1. The predicted molar refractivity (Wildman–Crippen MR) is 125 cm³/mol. The fraction of sp³-hybridized carbons (Fsp3) is 0.130. The van der Waals surface area contributed by atoms with Crippen LogP contribution in [0.4, 0.5) is 5.69 Å². The summed E-state index contributed by atoms with van der Waals surface area (Å²) in [5.74, 6) is 0.218. The fourth-order valence-electron chi connectivity index (χ4n) is 2.73. The van der Waals surface area contributed by atoms with E-state index in [1.165, 1.54) is 12.3 Å². The molecule has 158 valence electrons. The third-order valence-electron chi connectivity index (χ3n) is 4.30. The fourth-order valence-corrected chi connectivity index (χ4v) is 3.08. The molecule has 0 radical (unpaired) electrons. The number of halogens is 2. The molecular formula is C23H20Cl2N4O2. The molecule has 0 saturated carbocycles. The second kappa shape index (κ2) is 10.7. The molecule has 0 saturated heterocycles. The minimum atomic E-state index is -0.114. The molecule has 1 amide bonds. The highest BCUT2D eigenvalue weighted by Crippen LogP contribution is 2.25. The van der Waals surface area contributed by atoms with E-state index in [9.17, 15) is 4.79 Å². The first-order chi connectivity index (χ1) is 14.9. The van der Waals surface area contributed by atoms with Crippen molar-refractivity contribution in [3.05, 3.63) is 82.2 Å². The molecule has 0 atom stereocenters. The Morgan fingerprint density at radius 2 is 1.90 bits per heavy atom. The molecule has 0 spiro atoms. The second-order valence-corrected chi connectivity index (χ2v) is 7.56. The lowest BCUT2D eigenvalue weighted by Gasteiger charge is -2.03. The Morgan fingerprint density at radius 1 is 1.16 bits per heavy atom. The number of aromatic nitrogens is 1. The maximum atomic E-state index is 11.9. The quantitative estimate of drug-likeness (QED) is 0.389. The minimum absolute atomic E-state index is 0.114. The van der Waals surface area contributed by atoms with Crippen LogP contribution in [0.15, 0.2) is 70.3 Å². The first-order valence-corrected chi connectivity index (χ1v) is 10.2. The van der Waals surface area contributed by atoms with Crippen LogP contribution in [0, 0.1) is 12.3 Å². The van der Waals surface area contributed by atoms with Crippen molar-refractivity contribution in [2.75, 3.05) is 5.32 Å². The molecule has 2 N–H and O–H groups in total.